The maximum atomic E-state index is 2.56. The summed E-state index contributed by atoms with van der Waals surface area (Å²) in [6, 6.07) is 57.4. The largest absolute Gasteiger partial charge is 0.314 e. The number of benzene rings is 7. The lowest BCUT2D eigenvalue weighted by Crippen LogP contribution is -2.58. The van der Waals surface area contributed by atoms with Gasteiger partial charge in [0.05, 0.1) is 0 Å². The molecule has 3 heterocycles. The molecular formula is C58H50N2SSi. The molecule has 0 saturated heterocycles. The molecule has 2 nitrogen and oxygen atoms in total. The van der Waals surface area contributed by atoms with E-state index in [1.165, 1.54) is 109 Å². The standard InChI is InChI=1S/C58H50N2SSi/c1-57(2)45-15-7-9-17-49(45)59(50-18-10-8-16-46(50)57)40-27-30-42-41-29-25-38(34-47(41)58(3,4)48(42)36-40)24-23-37-26-31-53-43(33-37)44-35-39(28-32-54(44)61-53)60-51-19-11-13-21-55(51)62(5,6)56-22-14-12-20-52(56)60/h7-26,28-29,31-36H,27,30H2,1-6H3. The van der Waals surface area contributed by atoms with Crippen LogP contribution in [0.25, 0.3) is 37.9 Å². The van der Waals surface area contributed by atoms with Crippen LogP contribution >= 0.6 is 11.3 Å². The predicted molar refractivity (Wildman–Crippen MR) is 271 cm³/mol. The van der Waals surface area contributed by atoms with E-state index >= 15 is 0 Å². The molecule has 0 radical (unpaired) electrons. The highest BCUT2D eigenvalue weighted by atomic mass is 32.1. The SMILES string of the molecule is CC1(C)C2=C(CCC(N3c4ccccc4C(C)(C)c4ccccc43)=C2)c2ccc(C=Cc3ccc4sc5ccc(N6c7ccccc7[Si](C)(C)c7ccccc76)cc5c4c3)cc21. The highest BCUT2D eigenvalue weighted by Crippen LogP contribution is 2.55. The van der Waals surface area contributed by atoms with Gasteiger partial charge < -0.3 is 9.80 Å². The molecule has 2 aliphatic carbocycles. The Bertz CT molecular complexity index is 3200. The second-order valence-corrected chi connectivity index (χ2v) is 24.7. The minimum absolute atomic E-state index is 0.0598. The third-order valence-corrected chi connectivity index (χ3v) is 19.4. The molecule has 0 N–H and O–H groups in total. The molecule has 4 heteroatoms. The van der Waals surface area contributed by atoms with Gasteiger partial charge >= 0.3 is 0 Å². The quantitative estimate of drug-likeness (QED) is 0.129. The molecule has 12 rings (SSSR count). The highest BCUT2D eigenvalue weighted by molar-refractivity contribution is 7.25. The van der Waals surface area contributed by atoms with E-state index in [9.17, 15) is 0 Å². The molecule has 4 aliphatic rings. The molecule has 62 heavy (non-hydrogen) atoms. The number of allylic oxidation sites excluding steroid dienone is 4. The second-order valence-electron chi connectivity index (χ2n) is 19.3. The first-order chi connectivity index (χ1) is 30.0. The summed E-state index contributed by atoms with van der Waals surface area (Å²) < 4.78 is 2.65. The summed E-state index contributed by atoms with van der Waals surface area (Å²) in [5.74, 6) is 0. The van der Waals surface area contributed by atoms with E-state index in [-0.39, 0.29) is 10.8 Å². The van der Waals surface area contributed by atoms with Gasteiger partial charge in [0.15, 0.2) is 0 Å². The Balaban J connectivity index is 0.868. The topological polar surface area (TPSA) is 6.48 Å². The number of hydrogen-bond acceptors (Lipinski definition) is 3. The number of rotatable bonds is 4. The first-order valence-electron chi connectivity index (χ1n) is 22.2. The monoisotopic (exact) mass is 834 g/mol. The van der Waals surface area contributed by atoms with E-state index in [4.69, 9.17) is 0 Å². The number of para-hydroxylation sites is 4. The lowest BCUT2D eigenvalue weighted by molar-refractivity contribution is 0.625. The molecule has 0 amide bonds. The molecule has 1 aromatic heterocycles. The number of thiophene rings is 1. The Kier molecular flexibility index (Phi) is 8.11. The van der Waals surface area contributed by atoms with E-state index in [1.807, 2.05) is 11.3 Å². The van der Waals surface area contributed by atoms with E-state index in [0.29, 0.717) is 0 Å². The average molecular weight is 835 g/mol. The predicted octanol–water partition coefficient (Wildman–Crippen LogP) is 15.0. The van der Waals surface area contributed by atoms with Gasteiger partial charge in [-0.15, -0.1) is 11.3 Å². The molecule has 0 fully saturated rings. The Morgan fingerprint density at radius 3 is 1.73 bits per heavy atom. The van der Waals surface area contributed by atoms with Gasteiger partial charge in [0.1, 0.15) is 8.07 Å². The van der Waals surface area contributed by atoms with Crippen LogP contribution < -0.4 is 20.2 Å². The third-order valence-electron chi connectivity index (χ3n) is 14.7. The van der Waals surface area contributed by atoms with Crippen LogP contribution in [0.4, 0.5) is 28.4 Å². The van der Waals surface area contributed by atoms with Gasteiger partial charge in [-0.3, -0.25) is 0 Å². The van der Waals surface area contributed by atoms with Crippen molar-refractivity contribution in [1.82, 2.24) is 0 Å². The van der Waals surface area contributed by atoms with Crippen molar-refractivity contribution in [2.45, 2.75) is 64.5 Å². The van der Waals surface area contributed by atoms with Crippen LogP contribution in [0, 0.1) is 0 Å². The highest BCUT2D eigenvalue weighted by Gasteiger charge is 2.42. The zero-order valence-electron chi connectivity index (χ0n) is 36.4. The summed E-state index contributed by atoms with van der Waals surface area (Å²) in [5.41, 5.74) is 18.8. The molecule has 0 saturated carbocycles. The van der Waals surface area contributed by atoms with Crippen LogP contribution in [-0.4, -0.2) is 8.07 Å². The van der Waals surface area contributed by atoms with Gasteiger partial charge in [-0.1, -0.05) is 150 Å². The van der Waals surface area contributed by atoms with Crippen LogP contribution in [0.5, 0.6) is 0 Å². The Morgan fingerprint density at radius 2 is 1.06 bits per heavy atom. The Hall–Kier alpha value is -6.20. The van der Waals surface area contributed by atoms with Crippen molar-refractivity contribution in [2.24, 2.45) is 0 Å². The molecular weight excluding hydrogens is 785 g/mol. The summed E-state index contributed by atoms with van der Waals surface area (Å²) in [4.78, 5) is 5.07. The molecule has 7 aromatic carbocycles. The average Bonchev–Trinajstić information content (AvgIpc) is 3.76. The summed E-state index contributed by atoms with van der Waals surface area (Å²) in [5, 5.41) is 5.62. The number of hydrogen-bond donors (Lipinski definition) is 0. The molecule has 302 valence electrons. The van der Waals surface area contributed by atoms with Crippen molar-refractivity contribution in [3.05, 3.63) is 202 Å². The van der Waals surface area contributed by atoms with Crippen LogP contribution in [0.3, 0.4) is 0 Å². The first-order valence-corrected chi connectivity index (χ1v) is 26.0. The van der Waals surface area contributed by atoms with E-state index in [1.54, 1.807) is 0 Å². The molecule has 2 aliphatic heterocycles. The summed E-state index contributed by atoms with van der Waals surface area (Å²) in [7, 11) is -1.85. The van der Waals surface area contributed by atoms with Crippen molar-refractivity contribution in [1.29, 1.82) is 0 Å². The maximum Gasteiger partial charge on any atom is 0.117 e. The molecule has 0 atom stereocenters. The second kappa shape index (κ2) is 13.4. The van der Waals surface area contributed by atoms with Crippen molar-refractivity contribution in [3.8, 4) is 0 Å². The lowest BCUT2D eigenvalue weighted by Gasteiger charge is -2.43. The maximum absolute atomic E-state index is 2.56. The summed E-state index contributed by atoms with van der Waals surface area (Å²) in [6.45, 7) is 14.6. The molecule has 0 unspecified atom stereocenters. The van der Waals surface area contributed by atoms with Gasteiger partial charge in [0, 0.05) is 65.1 Å². The first kappa shape index (κ1) is 37.5. The van der Waals surface area contributed by atoms with Crippen LogP contribution in [0.15, 0.2) is 169 Å². The van der Waals surface area contributed by atoms with Crippen LogP contribution in [0.1, 0.15) is 73.9 Å². The van der Waals surface area contributed by atoms with Gasteiger partial charge in [-0.05, 0) is 128 Å². The van der Waals surface area contributed by atoms with Crippen LogP contribution in [-0.2, 0) is 10.8 Å². The van der Waals surface area contributed by atoms with Gasteiger partial charge in [-0.2, -0.15) is 0 Å². The van der Waals surface area contributed by atoms with E-state index in [0.717, 1.165) is 12.8 Å². The van der Waals surface area contributed by atoms with Crippen LogP contribution in [0.2, 0.25) is 13.1 Å². The molecule has 0 bridgehead atoms. The fourth-order valence-electron chi connectivity index (χ4n) is 11.5. The van der Waals surface area contributed by atoms with Gasteiger partial charge in [0.25, 0.3) is 0 Å². The summed E-state index contributed by atoms with van der Waals surface area (Å²) in [6.07, 6.45) is 9.21. The Labute approximate surface area is 370 Å². The minimum Gasteiger partial charge on any atom is -0.314 e. The number of anilines is 5. The Morgan fingerprint density at radius 1 is 0.516 bits per heavy atom. The summed E-state index contributed by atoms with van der Waals surface area (Å²) >= 11 is 1.89. The number of fused-ring (bicyclic) bond motifs is 9. The van der Waals surface area contributed by atoms with Gasteiger partial charge in [0.2, 0.25) is 0 Å². The van der Waals surface area contributed by atoms with Crippen molar-refractivity contribution in [3.63, 3.8) is 0 Å². The number of nitrogens with zero attached hydrogens (tertiary/aromatic N) is 2. The lowest BCUT2D eigenvalue weighted by atomic mass is 9.73. The smallest absolute Gasteiger partial charge is 0.117 e. The zero-order chi connectivity index (χ0) is 42.1. The fourth-order valence-corrected chi connectivity index (χ4v) is 15.5. The van der Waals surface area contributed by atoms with E-state index < -0.39 is 8.07 Å². The molecule has 0 spiro atoms. The minimum atomic E-state index is -1.85. The molecule has 8 aromatic rings. The van der Waals surface area contributed by atoms with Gasteiger partial charge in [-0.25, -0.2) is 0 Å². The normalized spacial score (nSPS) is 17.7. The van der Waals surface area contributed by atoms with Crippen molar-refractivity contribution < 1.29 is 0 Å². The van der Waals surface area contributed by atoms with Crippen molar-refractivity contribution in [2.75, 3.05) is 9.80 Å². The zero-order valence-corrected chi connectivity index (χ0v) is 38.2. The van der Waals surface area contributed by atoms with E-state index in [2.05, 4.69) is 220 Å². The van der Waals surface area contributed by atoms with Crippen molar-refractivity contribution >= 4 is 96.1 Å². The fraction of sp³-hybridized carbons (Fsp3) is 0.172. The third kappa shape index (κ3) is 5.39.